The molecule has 2 aromatic carbocycles. The molecule has 0 fully saturated rings. The fourth-order valence-electron chi connectivity index (χ4n) is 1.56. The fraction of sp³-hybridized carbons (Fsp3) is 0.0769. The van der Waals surface area contributed by atoms with Gasteiger partial charge in [-0.3, -0.25) is 0 Å². The Labute approximate surface area is 131 Å². The average Bonchev–Trinajstić information content (AvgIpc) is 2.35. The van der Waals surface area contributed by atoms with E-state index in [-0.39, 0.29) is 5.82 Å². The maximum atomic E-state index is 13.2. The van der Waals surface area contributed by atoms with Gasteiger partial charge in [-0.2, -0.15) is 0 Å². The molecule has 1 atom stereocenters. The number of hydrogen-bond acceptors (Lipinski definition) is 0. The highest BCUT2D eigenvalue weighted by Gasteiger charge is 2.15. The number of rotatable bonds is 2. The van der Waals surface area contributed by atoms with Crippen molar-refractivity contribution in [3.05, 3.63) is 67.3 Å². The molecule has 0 radical (unpaired) electrons. The molecule has 18 heavy (non-hydrogen) atoms. The lowest BCUT2D eigenvalue weighted by molar-refractivity contribution is 0.620. The Morgan fingerprint density at radius 1 is 1.00 bits per heavy atom. The molecule has 0 aliphatic carbocycles. The van der Waals surface area contributed by atoms with Gasteiger partial charge in [-0.1, -0.05) is 33.6 Å². The molecule has 0 bridgehead atoms. The standard InChI is InChI=1S/C13H7Br2Cl2F/c14-10-3-2-8(16)6-9(10)13(17)7-1-4-12(18)11(15)5-7/h1-6,13H. The maximum absolute atomic E-state index is 13.2. The number of halogens is 5. The van der Waals surface area contributed by atoms with Crippen LogP contribution < -0.4 is 0 Å². The molecule has 0 spiro atoms. The van der Waals surface area contributed by atoms with E-state index in [0.29, 0.717) is 9.50 Å². The number of alkyl halides is 1. The Bertz CT molecular complexity index is 587. The summed E-state index contributed by atoms with van der Waals surface area (Å²) in [6.07, 6.45) is 0. The minimum absolute atomic E-state index is 0.312. The van der Waals surface area contributed by atoms with E-state index >= 15 is 0 Å². The second kappa shape index (κ2) is 5.91. The molecule has 0 nitrogen and oxygen atoms in total. The molecule has 2 rings (SSSR count). The highest BCUT2D eigenvalue weighted by Crippen LogP contribution is 2.36. The zero-order valence-corrected chi connectivity index (χ0v) is 13.6. The lowest BCUT2D eigenvalue weighted by Gasteiger charge is -2.13. The molecule has 0 heterocycles. The van der Waals surface area contributed by atoms with E-state index in [1.54, 1.807) is 24.3 Å². The first-order chi connectivity index (χ1) is 8.49. The van der Waals surface area contributed by atoms with Gasteiger partial charge in [0.1, 0.15) is 5.82 Å². The van der Waals surface area contributed by atoms with Crippen molar-refractivity contribution >= 4 is 55.1 Å². The van der Waals surface area contributed by atoms with Gasteiger partial charge in [-0.15, -0.1) is 11.6 Å². The summed E-state index contributed by atoms with van der Waals surface area (Å²) in [5, 5.41) is 0.218. The smallest absolute Gasteiger partial charge is 0.137 e. The van der Waals surface area contributed by atoms with Crippen LogP contribution in [-0.2, 0) is 0 Å². The highest BCUT2D eigenvalue weighted by molar-refractivity contribution is 9.10. The molecule has 1 unspecified atom stereocenters. The van der Waals surface area contributed by atoms with Gasteiger partial charge in [0.2, 0.25) is 0 Å². The second-order valence-electron chi connectivity index (χ2n) is 3.70. The van der Waals surface area contributed by atoms with Crippen LogP contribution in [0.25, 0.3) is 0 Å². The molecule has 94 valence electrons. The Morgan fingerprint density at radius 3 is 2.39 bits per heavy atom. The van der Waals surface area contributed by atoms with Gasteiger partial charge in [0, 0.05) is 9.50 Å². The van der Waals surface area contributed by atoms with Crippen LogP contribution in [0, 0.1) is 5.82 Å². The molecule has 0 aliphatic rings. The summed E-state index contributed by atoms with van der Waals surface area (Å²) < 4.78 is 14.4. The van der Waals surface area contributed by atoms with Crippen molar-refractivity contribution in [1.29, 1.82) is 0 Å². The largest absolute Gasteiger partial charge is 0.206 e. The van der Waals surface area contributed by atoms with Crippen LogP contribution in [0.3, 0.4) is 0 Å². The Hall–Kier alpha value is -0.0900. The SMILES string of the molecule is Fc1ccc(C(Cl)c2cc(Cl)ccc2Br)cc1Br. The van der Waals surface area contributed by atoms with Gasteiger partial charge in [-0.25, -0.2) is 4.39 Å². The van der Waals surface area contributed by atoms with E-state index in [1.807, 2.05) is 6.07 Å². The first-order valence-electron chi connectivity index (χ1n) is 5.03. The van der Waals surface area contributed by atoms with Crippen LogP contribution in [-0.4, -0.2) is 0 Å². The van der Waals surface area contributed by atoms with Crippen molar-refractivity contribution in [2.75, 3.05) is 0 Å². The van der Waals surface area contributed by atoms with Crippen LogP contribution in [0.1, 0.15) is 16.5 Å². The molecule has 0 aliphatic heterocycles. The van der Waals surface area contributed by atoms with Crippen molar-refractivity contribution in [2.45, 2.75) is 5.38 Å². The van der Waals surface area contributed by atoms with E-state index in [4.69, 9.17) is 23.2 Å². The monoisotopic (exact) mass is 410 g/mol. The minimum atomic E-state index is -0.394. The summed E-state index contributed by atoms with van der Waals surface area (Å²) in [5.41, 5.74) is 1.65. The number of benzene rings is 2. The summed E-state index contributed by atoms with van der Waals surface area (Å²) in [7, 11) is 0. The van der Waals surface area contributed by atoms with E-state index in [0.717, 1.165) is 15.6 Å². The lowest BCUT2D eigenvalue weighted by atomic mass is 10.0. The van der Waals surface area contributed by atoms with Crippen molar-refractivity contribution in [1.82, 2.24) is 0 Å². The molecular formula is C13H7Br2Cl2F. The lowest BCUT2D eigenvalue weighted by Crippen LogP contribution is -1.95. The zero-order valence-electron chi connectivity index (χ0n) is 8.93. The summed E-state index contributed by atoms with van der Waals surface area (Å²) in [6, 6.07) is 10.1. The number of hydrogen-bond donors (Lipinski definition) is 0. The molecule has 5 heteroatoms. The topological polar surface area (TPSA) is 0 Å². The zero-order chi connectivity index (χ0) is 13.3. The second-order valence-corrected chi connectivity index (χ2v) is 6.28. The van der Waals surface area contributed by atoms with Crippen molar-refractivity contribution < 1.29 is 4.39 Å². The Morgan fingerprint density at radius 2 is 1.72 bits per heavy atom. The Balaban J connectivity index is 2.44. The van der Waals surface area contributed by atoms with E-state index in [1.165, 1.54) is 6.07 Å². The molecule has 2 aromatic rings. The molecule has 0 saturated carbocycles. The summed E-state index contributed by atoms with van der Waals surface area (Å²) in [4.78, 5) is 0. The third-order valence-corrected chi connectivity index (χ3v) is 4.52. The van der Waals surface area contributed by atoms with Gasteiger partial charge in [0.15, 0.2) is 0 Å². The molecule has 0 aromatic heterocycles. The van der Waals surface area contributed by atoms with Crippen molar-refractivity contribution in [2.24, 2.45) is 0 Å². The molecule has 0 N–H and O–H groups in total. The molecular weight excluding hydrogens is 406 g/mol. The van der Waals surface area contributed by atoms with Crippen LogP contribution in [0.2, 0.25) is 5.02 Å². The molecule has 0 amide bonds. The van der Waals surface area contributed by atoms with E-state index < -0.39 is 5.38 Å². The predicted octanol–water partition coefficient (Wildman–Crippen LogP) is 6.33. The van der Waals surface area contributed by atoms with Gasteiger partial charge in [0.25, 0.3) is 0 Å². The van der Waals surface area contributed by atoms with Gasteiger partial charge < -0.3 is 0 Å². The van der Waals surface area contributed by atoms with Gasteiger partial charge in [0.05, 0.1) is 9.85 Å². The summed E-state index contributed by atoms with van der Waals surface area (Å²) in [6.45, 7) is 0. The third-order valence-electron chi connectivity index (χ3n) is 2.47. The predicted molar refractivity (Wildman–Crippen MR) is 80.9 cm³/mol. The first kappa shape index (κ1) is 14.3. The van der Waals surface area contributed by atoms with E-state index in [9.17, 15) is 4.39 Å². The third kappa shape index (κ3) is 3.08. The minimum Gasteiger partial charge on any atom is -0.206 e. The fourth-order valence-corrected chi connectivity index (χ4v) is 3.06. The molecule has 0 saturated heterocycles. The Kier molecular flexibility index (Phi) is 4.70. The summed E-state index contributed by atoms with van der Waals surface area (Å²) >= 11 is 18.9. The van der Waals surface area contributed by atoms with E-state index in [2.05, 4.69) is 31.9 Å². The maximum Gasteiger partial charge on any atom is 0.137 e. The van der Waals surface area contributed by atoms with Crippen LogP contribution in [0.4, 0.5) is 4.39 Å². The van der Waals surface area contributed by atoms with Crippen molar-refractivity contribution in [3.63, 3.8) is 0 Å². The van der Waals surface area contributed by atoms with Crippen LogP contribution in [0.15, 0.2) is 45.3 Å². The average molecular weight is 413 g/mol. The van der Waals surface area contributed by atoms with Gasteiger partial charge in [-0.05, 0) is 57.4 Å². The first-order valence-corrected chi connectivity index (χ1v) is 7.43. The van der Waals surface area contributed by atoms with Crippen LogP contribution in [0.5, 0.6) is 0 Å². The quantitative estimate of drug-likeness (QED) is 0.505. The highest BCUT2D eigenvalue weighted by atomic mass is 79.9. The normalized spacial score (nSPS) is 12.5. The summed E-state index contributed by atoms with van der Waals surface area (Å²) in [5.74, 6) is -0.312. The van der Waals surface area contributed by atoms with Crippen molar-refractivity contribution in [3.8, 4) is 0 Å². The van der Waals surface area contributed by atoms with Gasteiger partial charge >= 0.3 is 0 Å². The van der Waals surface area contributed by atoms with Crippen LogP contribution >= 0.6 is 55.1 Å².